The second-order valence-corrected chi connectivity index (χ2v) is 16.2. The summed E-state index contributed by atoms with van der Waals surface area (Å²) in [5, 5.41) is 38.3. The number of carbonyl (C=O) groups is 2. The second kappa shape index (κ2) is 14.0. The first kappa shape index (κ1) is 37.7. The molecule has 4 N–H and O–H groups in total. The molecular formula is C44H54N4O7. The van der Waals surface area contributed by atoms with E-state index in [0.717, 1.165) is 49.8 Å². The number of nitrogens with one attached hydrogen (secondary N) is 1. The molecule has 2 aliphatic heterocycles. The van der Waals surface area contributed by atoms with Gasteiger partial charge < -0.3 is 39.2 Å². The largest absolute Gasteiger partial charge is 0.468 e. The fraction of sp³-hybridized carbons (Fsp3) is 0.500. The number of methoxy groups -OCH3 is 2. The van der Waals surface area contributed by atoms with Gasteiger partial charge in [0.05, 0.1) is 39.2 Å². The van der Waals surface area contributed by atoms with Gasteiger partial charge in [0, 0.05) is 64.5 Å². The van der Waals surface area contributed by atoms with Crippen LogP contribution in [0.1, 0.15) is 61.3 Å². The number of esters is 2. The van der Waals surface area contributed by atoms with Crippen LogP contribution in [0.4, 0.5) is 0 Å². The normalized spacial score (nSPS) is 32.7. The minimum Gasteiger partial charge on any atom is -0.468 e. The summed E-state index contributed by atoms with van der Waals surface area (Å²) >= 11 is 0. The van der Waals surface area contributed by atoms with Gasteiger partial charge in [-0.2, -0.15) is 0 Å². The number of piperidine rings is 1. The van der Waals surface area contributed by atoms with Crippen LogP contribution < -0.4 is 0 Å². The van der Waals surface area contributed by atoms with Crippen LogP contribution >= 0.6 is 0 Å². The molecule has 55 heavy (non-hydrogen) atoms. The van der Waals surface area contributed by atoms with Crippen molar-refractivity contribution in [1.29, 1.82) is 0 Å². The van der Waals surface area contributed by atoms with Crippen molar-refractivity contribution in [3.63, 3.8) is 0 Å². The van der Waals surface area contributed by atoms with Gasteiger partial charge in [-0.25, -0.2) is 0 Å². The number of likely N-dealkylation sites (N-methyl/N-ethyl adjacent to an activating group) is 2. The Balaban J connectivity index is 1.48. The van der Waals surface area contributed by atoms with Gasteiger partial charge in [0.1, 0.15) is 16.9 Å². The lowest BCUT2D eigenvalue weighted by atomic mass is 9.59. The summed E-state index contributed by atoms with van der Waals surface area (Å²) in [6.07, 6.45) is 4.77. The van der Waals surface area contributed by atoms with E-state index in [4.69, 9.17) is 9.47 Å². The molecule has 8 atom stereocenters. The summed E-state index contributed by atoms with van der Waals surface area (Å²) in [7, 11) is 6.77. The molecule has 11 nitrogen and oxygen atoms in total. The third kappa shape index (κ3) is 5.12. The first-order chi connectivity index (χ1) is 26.6. The van der Waals surface area contributed by atoms with Crippen molar-refractivity contribution in [1.82, 2.24) is 19.4 Å². The summed E-state index contributed by atoms with van der Waals surface area (Å²) in [6.45, 7) is 4.32. The van der Waals surface area contributed by atoms with Crippen LogP contribution in [0.3, 0.4) is 0 Å². The summed E-state index contributed by atoms with van der Waals surface area (Å²) in [6, 6.07) is 15.1. The van der Waals surface area contributed by atoms with Crippen LogP contribution in [0.25, 0.3) is 21.8 Å². The molecule has 8 rings (SSSR count). The highest BCUT2D eigenvalue weighted by Gasteiger charge is 2.62. The number of aromatic nitrogens is 2. The highest BCUT2D eigenvalue weighted by atomic mass is 16.5. The zero-order chi connectivity index (χ0) is 39.0. The molecule has 8 unspecified atom stereocenters. The highest BCUT2D eigenvalue weighted by Crippen LogP contribution is 2.57. The van der Waals surface area contributed by atoms with E-state index in [2.05, 4.69) is 49.7 Å². The number of allylic oxidation sites excluding steroid dienone is 2. The van der Waals surface area contributed by atoms with Crippen LogP contribution in [-0.4, -0.2) is 113 Å². The number of likely N-dealkylation sites (tertiary alicyclic amines) is 2. The number of H-pyrrole nitrogens is 1. The van der Waals surface area contributed by atoms with Crippen molar-refractivity contribution >= 4 is 33.7 Å². The van der Waals surface area contributed by atoms with Crippen molar-refractivity contribution < 1.29 is 34.4 Å². The molecule has 0 amide bonds. The fourth-order valence-electron chi connectivity index (χ4n) is 11.7. The molecule has 292 valence electrons. The standard InChI is InChI=1S/C44H54N4O7/c1-7-25-17-18-46(3)36-20-30-28-14-10-12-16-33(28)48(39(30)40(51)37(25)44(36,24-50)42(53)55-6)34-21-31-26(8-2)22-47(4)35(43(31,23-49)41(52)54-5)19-29-27-13-9-11-15-32(27)45-38(29)34/h7-16,31,34-37,40,45,49-51H,17-24H2,1-6H3. The summed E-state index contributed by atoms with van der Waals surface area (Å²) < 4.78 is 13.4. The Kier molecular flexibility index (Phi) is 9.61. The molecule has 2 aliphatic carbocycles. The Morgan fingerprint density at radius 1 is 0.855 bits per heavy atom. The maximum Gasteiger partial charge on any atom is 0.316 e. The lowest BCUT2D eigenvalue weighted by Gasteiger charge is -2.54. The van der Waals surface area contributed by atoms with Gasteiger partial charge in [-0.15, -0.1) is 0 Å². The summed E-state index contributed by atoms with van der Waals surface area (Å²) in [4.78, 5) is 36.7. The smallest absolute Gasteiger partial charge is 0.316 e. The molecule has 2 fully saturated rings. The molecule has 2 saturated heterocycles. The van der Waals surface area contributed by atoms with E-state index in [1.807, 2.05) is 58.3 Å². The number of nitrogens with zero attached hydrogens (tertiary/aromatic N) is 3. The van der Waals surface area contributed by atoms with Gasteiger partial charge in [-0.3, -0.25) is 14.5 Å². The number of benzene rings is 2. The van der Waals surface area contributed by atoms with E-state index in [9.17, 15) is 24.9 Å². The Morgan fingerprint density at radius 2 is 1.47 bits per heavy atom. The number of carbonyl (C=O) groups excluding carboxylic acids is 2. The van der Waals surface area contributed by atoms with E-state index < -0.39 is 66.0 Å². The molecule has 4 aromatic rings. The van der Waals surface area contributed by atoms with Crippen LogP contribution in [0.5, 0.6) is 0 Å². The maximum absolute atomic E-state index is 14.3. The van der Waals surface area contributed by atoms with E-state index in [-0.39, 0.29) is 6.04 Å². The lowest BCUT2D eigenvalue weighted by molar-refractivity contribution is -0.169. The van der Waals surface area contributed by atoms with Gasteiger partial charge >= 0.3 is 11.9 Å². The van der Waals surface area contributed by atoms with Gasteiger partial charge in [0.15, 0.2) is 0 Å². The first-order valence-corrected chi connectivity index (χ1v) is 19.6. The number of ether oxygens (including phenoxy) is 2. The predicted octanol–water partition coefficient (Wildman–Crippen LogP) is 4.69. The molecule has 4 heterocycles. The third-order valence-electron chi connectivity index (χ3n) is 14.3. The highest BCUT2D eigenvalue weighted by molar-refractivity contribution is 5.89. The van der Waals surface area contributed by atoms with E-state index >= 15 is 0 Å². The van der Waals surface area contributed by atoms with Crippen LogP contribution in [0.2, 0.25) is 0 Å². The molecule has 2 aromatic heterocycles. The second-order valence-electron chi connectivity index (χ2n) is 16.2. The maximum atomic E-state index is 14.3. The molecule has 11 heteroatoms. The molecule has 2 aromatic carbocycles. The van der Waals surface area contributed by atoms with Crippen LogP contribution in [0, 0.1) is 22.7 Å². The van der Waals surface area contributed by atoms with Crippen molar-refractivity contribution in [2.24, 2.45) is 22.7 Å². The SMILES string of the molecule is CC=C1CN(C)C2Cc3c([nH]c4ccccc34)C(n3c4c(c5ccccc53)CC3N(C)CCC(=CC)C(C4O)C3(CO)C(=O)OC)CC1C2(CO)C(=O)OC. The molecule has 4 aliphatic rings. The van der Waals surface area contributed by atoms with Gasteiger partial charge in [-0.1, -0.05) is 59.7 Å². The average Bonchev–Trinajstić information content (AvgIpc) is 3.65. The number of para-hydroxylation sites is 2. The molecule has 4 bridgehead atoms. The number of aromatic amines is 1. The predicted molar refractivity (Wildman–Crippen MR) is 210 cm³/mol. The van der Waals surface area contributed by atoms with Crippen LogP contribution in [0.15, 0.2) is 71.8 Å². The van der Waals surface area contributed by atoms with Crippen LogP contribution in [-0.2, 0) is 31.9 Å². The summed E-state index contributed by atoms with van der Waals surface area (Å²) in [5.74, 6) is -2.17. The number of rotatable bonds is 5. The number of fused-ring (bicyclic) bond motifs is 10. The van der Waals surface area contributed by atoms with Crippen molar-refractivity contribution in [2.75, 3.05) is 54.6 Å². The first-order valence-electron chi connectivity index (χ1n) is 19.6. The molecule has 0 radical (unpaired) electrons. The number of hydrogen-bond donors (Lipinski definition) is 4. The molecule has 0 saturated carbocycles. The lowest BCUT2D eigenvalue weighted by Crippen LogP contribution is -2.63. The Morgan fingerprint density at radius 3 is 2.15 bits per heavy atom. The van der Waals surface area contributed by atoms with E-state index in [0.29, 0.717) is 44.5 Å². The van der Waals surface area contributed by atoms with Crippen molar-refractivity contribution in [2.45, 2.75) is 63.8 Å². The molecular weight excluding hydrogens is 697 g/mol. The zero-order valence-corrected chi connectivity index (χ0v) is 32.7. The summed E-state index contributed by atoms with van der Waals surface area (Å²) in [5.41, 5.74) is 4.77. The van der Waals surface area contributed by atoms with Gasteiger partial charge in [0.25, 0.3) is 0 Å². The zero-order valence-electron chi connectivity index (χ0n) is 32.7. The minimum absolute atomic E-state index is 0.359. The number of aliphatic hydroxyl groups is 3. The van der Waals surface area contributed by atoms with Crippen molar-refractivity contribution in [3.8, 4) is 0 Å². The van der Waals surface area contributed by atoms with E-state index in [1.54, 1.807) is 0 Å². The molecule has 0 spiro atoms. The van der Waals surface area contributed by atoms with Gasteiger partial charge in [-0.05, 0) is 76.9 Å². The quantitative estimate of drug-likeness (QED) is 0.169. The topological polar surface area (TPSA) is 140 Å². The van der Waals surface area contributed by atoms with E-state index in [1.165, 1.54) is 14.2 Å². The van der Waals surface area contributed by atoms with Crippen molar-refractivity contribution in [3.05, 3.63) is 94.3 Å². The monoisotopic (exact) mass is 750 g/mol. The Hall–Kier alpha value is -4.26. The number of hydrogen-bond acceptors (Lipinski definition) is 9. The average molecular weight is 751 g/mol. The Bertz CT molecular complexity index is 2220. The fourth-order valence-corrected chi connectivity index (χ4v) is 11.7. The third-order valence-corrected chi connectivity index (χ3v) is 14.3. The van der Waals surface area contributed by atoms with Gasteiger partial charge in [0.2, 0.25) is 0 Å². The number of aliphatic hydroxyl groups excluding tert-OH is 3. The minimum atomic E-state index is -1.45. The Labute approximate surface area is 322 Å².